The van der Waals surface area contributed by atoms with Crippen LogP contribution >= 0.6 is 0 Å². The second kappa shape index (κ2) is 20.7. The van der Waals surface area contributed by atoms with Gasteiger partial charge in [-0.1, -0.05) is 50.7 Å². The van der Waals surface area contributed by atoms with E-state index in [4.69, 9.17) is 24.1 Å². The molecule has 0 bridgehead atoms. The van der Waals surface area contributed by atoms with Gasteiger partial charge < -0.3 is 59.8 Å². The second-order valence-corrected chi connectivity index (χ2v) is 11.6. The predicted octanol–water partition coefficient (Wildman–Crippen LogP) is 0.728. The number of hydrogen-bond acceptors (Lipinski definition) is 12. The highest BCUT2D eigenvalue weighted by atomic mass is 16.8. The molecule has 0 amide bonds. The number of ether oxygens (including phenoxy) is 4. The third-order valence-corrected chi connectivity index (χ3v) is 7.99. The van der Waals surface area contributed by atoms with Crippen molar-refractivity contribution in [1.82, 2.24) is 0 Å². The van der Waals surface area contributed by atoms with Gasteiger partial charge in [-0.3, -0.25) is 4.79 Å². The minimum atomic E-state index is -1.72. The molecule has 252 valence electrons. The van der Waals surface area contributed by atoms with E-state index in [-0.39, 0.29) is 12.5 Å². The van der Waals surface area contributed by atoms with Gasteiger partial charge >= 0.3 is 5.97 Å². The van der Waals surface area contributed by atoms with Crippen LogP contribution in [-0.2, 0) is 23.7 Å². The van der Waals surface area contributed by atoms with Crippen molar-refractivity contribution in [2.45, 2.75) is 158 Å². The molecule has 2 saturated heterocycles. The van der Waals surface area contributed by atoms with Gasteiger partial charge in [0.1, 0.15) is 48.8 Å². The lowest BCUT2D eigenvalue weighted by atomic mass is 9.97. The lowest BCUT2D eigenvalue weighted by Crippen LogP contribution is -2.64. The van der Waals surface area contributed by atoms with Crippen molar-refractivity contribution in [3.05, 3.63) is 12.2 Å². The topological polar surface area (TPSA) is 216 Å². The Labute approximate surface area is 254 Å². The summed E-state index contributed by atoms with van der Waals surface area (Å²) in [5, 5.41) is 79.2. The predicted molar refractivity (Wildman–Crippen MR) is 154 cm³/mol. The highest BCUT2D eigenvalue weighted by Crippen LogP contribution is 2.30. The van der Waals surface area contributed by atoms with Crippen LogP contribution in [0.3, 0.4) is 0 Å². The number of carbonyl (C=O) groups is 1. The average molecular weight is 623 g/mol. The fraction of sp³-hybridized carbons (Fsp3) is 0.900. The Morgan fingerprint density at radius 3 is 1.79 bits per heavy atom. The van der Waals surface area contributed by atoms with E-state index in [1.54, 1.807) is 0 Å². The lowest BCUT2D eigenvalue weighted by Gasteiger charge is -2.46. The van der Waals surface area contributed by atoms with Crippen molar-refractivity contribution in [1.29, 1.82) is 0 Å². The molecule has 0 spiro atoms. The van der Waals surface area contributed by atoms with Crippen molar-refractivity contribution in [2.75, 3.05) is 13.2 Å². The fourth-order valence-corrected chi connectivity index (χ4v) is 5.29. The Morgan fingerprint density at radius 2 is 1.21 bits per heavy atom. The van der Waals surface area contributed by atoms with E-state index in [2.05, 4.69) is 12.2 Å². The summed E-state index contributed by atoms with van der Waals surface area (Å²) in [5.74, 6) is -0.727. The first-order valence-electron chi connectivity index (χ1n) is 15.7. The molecule has 13 heteroatoms. The molecule has 0 aliphatic carbocycles. The van der Waals surface area contributed by atoms with Crippen LogP contribution in [0, 0.1) is 0 Å². The molecule has 8 N–H and O–H groups in total. The number of allylic oxidation sites excluding steroid dienone is 2. The van der Waals surface area contributed by atoms with Gasteiger partial charge in [0.25, 0.3) is 0 Å². The molecule has 11 atom stereocenters. The smallest absolute Gasteiger partial charge is 0.303 e. The Balaban J connectivity index is 1.71. The van der Waals surface area contributed by atoms with Gasteiger partial charge in [-0.2, -0.15) is 0 Å². The van der Waals surface area contributed by atoms with E-state index in [9.17, 15) is 40.5 Å². The molecule has 2 heterocycles. The summed E-state index contributed by atoms with van der Waals surface area (Å²) in [6, 6.07) is 0. The van der Waals surface area contributed by atoms with Gasteiger partial charge in [-0.05, 0) is 45.4 Å². The maximum absolute atomic E-state index is 10.7. The Bertz CT molecular complexity index is 781. The Morgan fingerprint density at radius 1 is 0.698 bits per heavy atom. The molecule has 0 aromatic heterocycles. The summed E-state index contributed by atoms with van der Waals surface area (Å²) in [6.07, 6.45) is 1.48. The molecule has 2 fully saturated rings. The van der Waals surface area contributed by atoms with Crippen LogP contribution in [0.25, 0.3) is 0 Å². The number of aliphatic hydroxyl groups excluding tert-OH is 7. The number of carboxylic acid groups (broad SMARTS) is 1. The largest absolute Gasteiger partial charge is 0.481 e. The number of hydrogen-bond donors (Lipinski definition) is 8. The van der Waals surface area contributed by atoms with Crippen molar-refractivity contribution in [3.8, 4) is 0 Å². The van der Waals surface area contributed by atoms with E-state index in [1.165, 1.54) is 0 Å². The number of rotatable bonds is 21. The fourth-order valence-electron chi connectivity index (χ4n) is 5.29. The third kappa shape index (κ3) is 13.0. The average Bonchev–Trinajstić information content (AvgIpc) is 2.98. The Kier molecular flexibility index (Phi) is 18.3. The first kappa shape index (κ1) is 38.0. The van der Waals surface area contributed by atoms with Gasteiger partial charge in [0.2, 0.25) is 0 Å². The number of unbranched alkanes of at least 4 members (excludes halogenated alkanes) is 9. The molecule has 2 rings (SSSR count). The second-order valence-electron chi connectivity index (χ2n) is 11.6. The van der Waals surface area contributed by atoms with Gasteiger partial charge in [-0.15, -0.1) is 0 Å². The van der Waals surface area contributed by atoms with E-state index < -0.39 is 80.6 Å². The minimum Gasteiger partial charge on any atom is -0.481 e. The molecular weight excluding hydrogens is 568 g/mol. The van der Waals surface area contributed by atoms with E-state index in [0.717, 1.165) is 70.6 Å². The molecule has 43 heavy (non-hydrogen) atoms. The van der Waals surface area contributed by atoms with Crippen LogP contribution in [0.1, 0.15) is 90.4 Å². The molecule has 0 aromatic rings. The molecule has 13 nitrogen and oxygen atoms in total. The molecule has 0 saturated carbocycles. The summed E-state index contributed by atoms with van der Waals surface area (Å²) >= 11 is 0. The van der Waals surface area contributed by atoms with Gasteiger partial charge in [0.15, 0.2) is 12.6 Å². The zero-order chi connectivity index (χ0) is 31.8. The van der Waals surface area contributed by atoms with Gasteiger partial charge in [0.05, 0.1) is 19.3 Å². The molecule has 0 radical (unpaired) electrons. The van der Waals surface area contributed by atoms with Crippen molar-refractivity contribution >= 4 is 5.97 Å². The Hall–Kier alpha value is -1.23. The SMILES string of the molecule is CC(CCCCCC/C=C\CCCCCCCC(=O)O)O[C@H]1O[C@@H](CO)[C@H](O)[C@@H](O)[C@@H]1O[C@H]1O[C@@H](CO)[C@H](O)[C@@H](O)[C@@H]1O. The zero-order valence-electron chi connectivity index (χ0n) is 25.2. The molecule has 1 unspecified atom stereocenters. The third-order valence-electron chi connectivity index (χ3n) is 7.99. The van der Waals surface area contributed by atoms with Gasteiger partial charge in [0, 0.05) is 6.42 Å². The highest BCUT2D eigenvalue weighted by molar-refractivity contribution is 5.66. The summed E-state index contributed by atoms with van der Waals surface area (Å²) in [4.78, 5) is 10.5. The molecule has 0 aromatic carbocycles. The van der Waals surface area contributed by atoms with Crippen LogP contribution in [-0.4, -0.2) is 128 Å². The number of carboxylic acids is 1. The van der Waals surface area contributed by atoms with Crippen LogP contribution in [0.4, 0.5) is 0 Å². The lowest BCUT2D eigenvalue weighted by molar-refractivity contribution is -0.371. The van der Waals surface area contributed by atoms with E-state index in [0.29, 0.717) is 6.42 Å². The molecule has 2 aliphatic heterocycles. The van der Waals surface area contributed by atoms with Crippen LogP contribution in [0.15, 0.2) is 12.2 Å². The summed E-state index contributed by atoms with van der Waals surface area (Å²) in [5.41, 5.74) is 0. The van der Waals surface area contributed by atoms with E-state index >= 15 is 0 Å². The first-order valence-corrected chi connectivity index (χ1v) is 15.7. The minimum absolute atomic E-state index is 0.255. The summed E-state index contributed by atoms with van der Waals surface area (Å²) < 4.78 is 22.7. The van der Waals surface area contributed by atoms with Crippen LogP contribution < -0.4 is 0 Å². The van der Waals surface area contributed by atoms with Crippen LogP contribution in [0.2, 0.25) is 0 Å². The van der Waals surface area contributed by atoms with Crippen molar-refractivity contribution in [2.24, 2.45) is 0 Å². The quantitative estimate of drug-likeness (QED) is 0.0655. The van der Waals surface area contributed by atoms with Crippen molar-refractivity contribution < 1.29 is 64.6 Å². The molecule has 2 aliphatic rings. The molecular formula is C30H54O13. The van der Waals surface area contributed by atoms with Crippen molar-refractivity contribution in [3.63, 3.8) is 0 Å². The highest BCUT2D eigenvalue weighted by Gasteiger charge is 2.51. The van der Waals surface area contributed by atoms with Crippen LogP contribution in [0.5, 0.6) is 0 Å². The number of aliphatic carboxylic acids is 1. The van der Waals surface area contributed by atoms with Gasteiger partial charge in [-0.25, -0.2) is 0 Å². The maximum Gasteiger partial charge on any atom is 0.303 e. The van der Waals surface area contributed by atoms with E-state index in [1.807, 2.05) is 6.92 Å². The summed E-state index contributed by atoms with van der Waals surface area (Å²) in [6.45, 7) is 0.590. The normalized spacial score (nSPS) is 34.0. The standard InChI is InChI=1S/C30H54O13/c1-19(15-13-11-9-7-5-3-2-4-6-8-10-12-14-16-22(33)34)40-30-28(26(38)24(36)21(18-32)42-30)43-29-27(39)25(37)23(35)20(17-31)41-29/h2-3,19-21,23-32,35-39H,4-18H2,1H3,(H,33,34)/b3-2-/t19?,20-,21-,23-,24-,25+,26+,27-,28-,29+,30-/m0/s1. The zero-order valence-corrected chi connectivity index (χ0v) is 25.2. The number of aliphatic hydroxyl groups is 7. The summed E-state index contributed by atoms with van der Waals surface area (Å²) in [7, 11) is 0. The monoisotopic (exact) mass is 622 g/mol. The maximum atomic E-state index is 10.7. The first-order chi connectivity index (χ1) is 20.6.